The lowest BCUT2D eigenvalue weighted by atomic mass is 10.2. The summed E-state index contributed by atoms with van der Waals surface area (Å²) in [5.74, 6) is 0. The first-order valence-electron chi connectivity index (χ1n) is 5.64. The lowest BCUT2D eigenvalue weighted by molar-refractivity contribution is -0.00000314. The molecule has 3 heteroatoms. The van der Waals surface area contributed by atoms with Crippen molar-refractivity contribution in [1.29, 1.82) is 0 Å². The van der Waals surface area contributed by atoms with E-state index < -0.39 is 0 Å². The summed E-state index contributed by atoms with van der Waals surface area (Å²) in [4.78, 5) is 0. The topological polar surface area (TPSA) is 12.0 Å². The number of benzene rings is 1. The fraction of sp³-hybridized carbons (Fsp3) is 0.385. The van der Waals surface area contributed by atoms with Crippen molar-refractivity contribution >= 4 is 5.69 Å². The van der Waals surface area contributed by atoms with Gasteiger partial charge in [0.05, 0.1) is 6.20 Å². The summed E-state index contributed by atoms with van der Waals surface area (Å²) in [6.07, 6.45) is 4.48. The van der Waals surface area contributed by atoms with Gasteiger partial charge in [0.2, 0.25) is 0 Å². The maximum Gasteiger partial charge on any atom is 0.137 e. The van der Waals surface area contributed by atoms with Crippen LogP contribution in [0.15, 0.2) is 42.6 Å². The molecule has 0 aliphatic carbocycles. The van der Waals surface area contributed by atoms with Crippen molar-refractivity contribution < 1.29 is 12.4 Å². The molecule has 1 aromatic carbocycles. The molecule has 0 spiro atoms. The minimum absolute atomic E-state index is 0. The Bertz CT molecular complexity index is 329. The number of rotatable bonds is 2. The Labute approximate surface area is 104 Å². The third kappa shape index (κ3) is 2.64. The Morgan fingerprint density at radius 2 is 1.75 bits per heavy atom. The number of para-hydroxylation sites is 1. The van der Waals surface area contributed by atoms with Gasteiger partial charge in [0.1, 0.15) is 18.8 Å². The third-order valence-electron chi connectivity index (χ3n) is 3.08. The molecule has 16 heavy (non-hydrogen) atoms. The second kappa shape index (κ2) is 6.04. The number of hydrogen-bond donors (Lipinski definition) is 1. The molecule has 0 atom stereocenters. The number of quaternary nitrogens is 1. The van der Waals surface area contributed by atoms with Crippen LogP contribution in [0.2, 0.25) is 0 Å². The van der Waals surface area contributed by atoms with Crippen LogP contribution in [-0.2, 0) is 0 Å². The highest BCUT2D eigenvalue weighted by atomic mass is 35.5. The second-order valence-corrected chi connectivity index (χ2v) is 4.05. The summed E-state index contributed by atoms with van der Waals surface area (Å²) >= 11 is 0. The van der Waals surface area contributed by atoms with E-state index in [0.717, 1.165) is 30.7 Å². The number of nitrogens with one attached hydrogen (secondary N) is 1. The van der Waals surface area contributed by atoms with E-state index in [-0.39, 0.29) is 12.4 Å². The highest BCUT2D eigenvalue weighted by Crippen LogP contribution is 2.24. The van der Waals surface area contributed by atoms with Crippen molar-refractivity contribution in [3.05, 3.63) is 42.6 Å². The zero-order valence-electron chi connectivity index (χ0n) is 9.70. The first kappa shape index (κ1) is 13.2. The number of halogens is 1. The molecule has 1 aromatic rings. The average Bonchev–Trinajstić information content (AvgIpc) is 2.32. The fourth-order valence-electron chi connectivity index (χ4n) is 2.30. The molecule has 0 bridgehead atoms. The van der Waals surface area contributed by atoms with Crippen molar-refractivity contribution in [2.75, 3.05) is 26.2 Å². The molecule has 0 saturated carbocycles. The van der Waals surface area contributed by atoms with E-state index >= 15 is 0 Å². The molecule has 1 heterocycles. The van der Waals surface area contributed by atoms with E-state index in [2.05, 4.69) is 54.8 Å². The Hall–Kier alpha value is -0.830. The molecule has 2 rings (SSSR count). The first-order chi connectivity index (χ1) is 7.37. The molecule has 88 valence electrons. The predicted octanol–water partition coefficient (Wildman–Crippen LogP) is -0.865. The molecule has 1 aliphatic heterocycles. The number of hydrogen-bond acceptors (Lipinski definition) is 1. The van der Waals surface area contributed by atoms with Crippen LogP contribution in [0.25, 0.3) is 0 Å². The summed E-state index contributed by atoms with van der Waals surface area (Å²) in [5.41, 5.74) is 1.40. The molecule has 0 amide bonds. The summed E-state index contributed by atoms with van der Waals surface area (Å²) < 4.78 is 0.990. The van der Waals surface area contributed by atoms with Gasteiger partial charge in [0.15, 0.2) is 0 Å². The summed E-state index contributed by atoms with van der Waals surface area (Å²) in [5, 5.41) is 3.42. The van der Waals surface area contributed by atoms with Gasteiger partial charge in [-0.25, -0.2) is 0 Å². The van der Waals surface area contributed by atoms with E-state index in [9.17, 15) is 0 Å². The highest BCUT2D eigenvalue weighted by molar-refractivity contribution is 5.45. The lowest BCUT2D eigenvalue weighted by Gasteiger charge is -2.37. The minimum atomic E-state index is 0. The fourth-order valence-corrected chi connectivity index (χ4v) is 2.30. The Morgan fingerprint density at radius 1 is 1.12 bits per heavy atom. The molecule has 1 aliphatic rings. The quantitative estimate of drug-likeness (QED) is 0.661. The molecule has 1 N–H and O–H groups in total. The maximum absolute atomic E-state index is 3.42. The smallest absolute Gasteiger partial charge is 0.137 e. The van der Waals surface area contributed by atoms with Crippen molar-refractivity contribution in [2.24, 2.45) is 0 Å². The molecule has 2 nitrogen and oxygen atoms in total. The normalized spacial score (nSPS) is 19.3. The minimum Gasteiger partial charge on any atom is -1.00 e. The van der Waals surface area contributed by atoms with Gasteiger partial charge in [-0.2, -0.15) is 0 Å². The SMILES string of the molecule is CC=C[N+]1(c2ccccc2)CCNCC1.[Cl-]. The van der Waals surface area contributed by atoms with Crippen LogP contribution < -0.4 is 22.2 Å². The van der Waals surface area contributed by atoms with E-state index in [1.807, 2.05) is 0 Å². The van der Waals surface area contributed by atoms with Gasteiger partial charge in [-0.15, -0.1) is 0 Å². The van der Waals surface area contributed by atoms with Gasteiger partial charge >= 0.3 is 0 Å². The molecule has 1 fully saturated rings. The molecular weight excluding hydrogens is 220 g/mol. The van der Waals surface area contributed by atoms with Crippen molar-refractivity contribution in [3.63, 3.8) is 0 Å². The summed E-state index contributed by atoms with van der Waals surface area (Å²) in [6, 6.07) is 10.8. The van der Waals surface area contributed by atoms with Gasteiger partial charge in [-0.05, 0) is 25.1 Å². The largest absolute Gasteiger partial charge is 1.00 e. The van der Waals surface area contributed by atoms with Crippen LogP contribution in [0.4, 0.5) is 5.69 Å². The summed E-state index contributed by atoms with van der Waals surface area (Å²) in [7, 11) is 0. The third-order valence-corrected chi connectivity index (χ3v) is 3.08. The zero-order chi connectivity index (χ0) is 10.6. The number of allylic oxidation sites excluding steroid dienone is 1. The van der Waals surface area contributed by atoms with Crippen LogP contribution in [0.5, 0.6) is 0 Å². The van der Waals surface area contributed by atoms with Gasteiger partial charge in [0, 0.05) is 13.1 Å². The molecule has 0 unspecified atom stereocenters. The van der Waals surface area contributed by atoms with Crippen molar-refractivity contribution in [1.82, 2.24) is 9.80 Å². The van der Waals surface area contributed by atoms with Gasteiger partial charge in [-0.3, -0.25) is 4.48 Å². The van der Waals surface area contributed by atoms with E-state index in [1.165, 1.54) is 5.69 Å². The molecular formula is C13H19ClN2. The Balaban J connectivity index is 0.00000128. The molecule has 0 aromatic heterocycles. The van der Waals surface area contributed by atoms with Crippen LogP contribution >= 0.6 is 0 Å². The predicted molar refractivity (Wildman–Crippen MR) is 65.7 cm³/mol. The molecule has 0 radical (unpaired) electrons. The number of piperazine rings is 1. The monoisotopic (exact) mass is 238 g/mol. The van der Waals surface area contributed by atoms with Crippen molar-refractivity contribution in [3.8, 4) is 0 Å². The zero-order valence-corrected chi connectivity index (χ0v) is 10.5. The lowest BCUT2D eigenvalue weighted by Crippen LogP contribution is -3.00. The van der Waals surface area contributed by atoms with Gasteiger partial charge in [-0.1, -0.05) is 18.2 Å². The Morgan fingerprint density at radius 3 is 2.31 bits per heavy atom. The van der Waals surface area contributed by atoms with Crippen LogP contribution in [-0.4, -0.2) is 26.2 Å². The van der Waals surface area contributed by atoms with E-state index in [1.54, 1.807) is 0 Å². The first-order valence-corrected chi connectivity index (χ1v) is 5.64. The molecule has 1 saturated heterocycles. The summed E-state index contributed by atoms with van der Waals surface area (Å²) in [6.45, 7) is 6.59. The van der Waals surface area contributed by atoms with Crippen LogP contribution in [0.3, 0.4) is 0 Å². The number of nitrogens with zero attached hydrogens (tertiary/aromatic N) is 1. The van der Waals surface area contributed by atoms with Crippen LogP contribution in [0, 0.1) is 0 Å². The van der Waals surface area contributed by atoms with E-state index in [4.69, 9.17) is 0 Å². The highest BCUT2D eigenvalue weighted by Gasteiger charge is 2.29. The van der Waals surface area contributed by atoms with E-state index in [0.29, 0.717) is 0 Å². The second-order valence-electron chi connectivity index (χ2n) is 4.05. The average molecular weight is 239 g/mol. The standard InChI is InChI=1S/C13H19N2.ClH/c1-2-10-15(11-8-14-9-12-15)13-6-4-3-5-7-13;/h2-7,10,14H,8-9,11-12H2,1H3;1H/q+1;/p-1. The maximum atomic E-state index is 3.42. The van der Waals surface area contributed by atoms with Crippen LogP contribution in [0.1, 0.15) is 6.92 Å². The van der Waals surface area contributed by atoms with Crippen molar-refractivity contribution in [2.45, 2.75) is 6.92 Å². The van der Waals surface area contributed by atoms with Gasteiger partial charge < -0.3 is 17.7 Å². The Kier molecular flexibility index (Phi) is 5.00. The van der Waals surface area contributed by atoms with Gasteiger partial charge in [0.25, 0.3) is 0 Å².